The monoisotopic (exact) mass is 854 g/mol. The molecule has 0 aromatic rings. The van der Waals surface area contributed by atoms with Gasteiger partial charge >= 0.3 is 5.97 Å². The Morgan fingerprint density at radius 2 is 0.983 bits per heavy atom. The zero-order chi connectivity index (χ0) is 44.6. The van der Waals surface area contributed by atoms with Crippen LogP contribution >= 0.6 is 0 Å². The molecule has 0 aromatic heterocycles. The van der Waals surface area contributed by atoms with E-state index in [1.165, 1.54) is 9.80 Å². The van der Waals surface area contributed by atoms with Gasteiger partial charge < -0.3 is 74.8 Å². The summed E-state index contributed by atoms with van der Waals surface area (Å²) in [5.74, 6) is -6.60. The highest BCUT2D eigenvalue weighted by Crippen LogP contribution is 2.22. The smallest absolute Gasteiger partial charge is 0.326 e. The van der Waals surface area contributed by atoms with Crippen LogP contribution in [0.1, 0.15) is 83.5 Å². The largest absolute Gasteiger partial charge is 0.480 e. The second-order valence-corrected chi connectivity index (χ2v) is 14.8. The molecule has 2 aliphatic rings. The maximum Gasteiger partial charge on any atom is 0.326 e. The zero-order valence-corrected chi connectivity index (χ0v) is 34.3. The van der Waals surface area contributed by atoms with Crippen LogP contribution in [0, 0.1) is 0 Å². The fourth-order valence-electron chi connectivity index (χ4n) is 7.00. The Morgan fingerprint density at radius 1 is 0.550 bits per heavy atom. The minimum Gasteiger partial charge on any atom is -0.480 e. The van der Waals surface area contributed by atoms with Gasteiger partial charge in [0.05, 0.1) is 26.2 Å². The highest BCUT2D eigenvalue weighted by Gasteiger charge is 2.41. The summed E-state index contributed by atoms with van der Waals surface area (Å²) in [4.78, 5) is 119. The molecule has 0 saturated carbocycles. The summed E-state index contributed by atoms with van der Waals surface area (Å²) in [5, 5.41) is 34.7. The van der Waals surface area contributed by atoms with Crippen molar-refractivity contribution in [2.24, 2.45) is 22.9 Å². The fourth-order valence-corrected chi connectivity index (χ4v) is 7.00. The predicted octanol–water partition coefficient (Wildman–Crippen LogP) is -5.44. The third-order valence-corrected chi connectivity index (χ3v) is 10.3. The summed E-state index contributed by atoms with van der Waals surface area (Å²) in [6.45, 7) is -0.767. The SMILES string of the molecule is NCCCC[C@H](NC(=O)[C@@H]1CCCN1C(=O)[C@H](CCCCN)NC(=O)[C@H](CO)NC(=O)[C@@H]1CCCN1C(=O)[C@H](CCCCN)NC(=O)CNC(=O)CNC(=O)CN)C(=O)O. The number of nitrogens with two attached hydrogens (primary N) is 4. The quantitative estimate of drug-likeness (QED) is 0.0327. The van der Waals surface area contributed by atoms with E-state index in [1.807, 2.05) is 0 Å². The van der Waals surface area contributed by atoms with Crippen molar-refractivity contribution in [1.29, 1.82) is 0 Å². The van der Waals surface area contributed by atoms with Crippen LogP contribution < -0.4 is 54.8 Å². The van der Waals surface area contributed by atoms with Crippen LogP contribution in [0.15, 0.2) is 0 Å². The number of likely N-dealkylation sites (tertiary alicyclic amines) is 2. The molecule has 0 radical (unpaired) electrons. The number of carboxylic acids is 1. The molecule has 0 unspecified atom stereocenters. The first-order chi connectivity index (χ1) is 28.7. The molecule has 0 aliphatic carbocycles. The molecule has 60 heavy (non-hydrogen) atoms. The number of rotatable bonds is 28. The molecule has 2 fully saturated rings. The van der Waals surface area contributed by atoms with E-state index >= 15 is 0 Å². The maximum absolute atomic E-state index is 14.0. The molecular weight excluding hydrogens is 788 g/mol. The lowest BCUT2D eigenvalue weighted by atomic mass is 10.1. The molecule has 23 heteroatoms. The number of nitrogens with one attached hydrogen (secondary N) is 6. The lowest BCUT2D eigenvalue weighted by Gasteiger charge is -2.31. The van der Waals surface area contributed by atoms with E-state index < -0.39 is 109 Å². The van der Waals surface area contributed by atoms with Gasteiger partial charge in [-0.2, -0.15) is 0 Å². The molecule has 6 atom stereocenters. The molecular formula is C37H66N12O11. The average molecular weight is 855 g/mol. The Balaban J connectivity index is 2.15. The minimum atomic E-state index is -1.54. The maximum atomic E-state index is 14.0. The number of carbonyl (C=O) groups excluding carboxylic acids is 8. The van der Waals surface area contributed by atoms with Crippen LogP contribution in [0.4, 0.5) is 0 Å². The summed E-state index contributed by atoms with van der Waals surface area (Å²) in [7, 11) is 0. The number of carboxylic acid groups (broad SMARTS) is 1. The first-order valence-electron chi connectivity index (χ1n) is 20.7. The number of aliphatic carboxylic acids is 1. The number of carbonyl (C=O) groups is 9. The number of hydrogen-bond acceptors (Lipinski definition) is 14. The number of amides is 8. The number of unbranched alkanes of at least 4 members (excludes halogenated alkanes) is 3. The Bertz CT molecular complexity index is 1470. The summed E-state index contributed by atoms with van der Waals surface area (Å²) in [5.41, 5.74) is 22.0. The Kier molecular flexibility index (Phi) is 23.6. The van der Waals surface area contributed by atoms with E-state index in [2.05, 4.69) is 31.9 Å². The third kappa shape index (κ3) is 17.0. The van der Waals surface area contributed by atoms with Gasteiger partial charge in [-0.05, 0) is 103 Å². The van der Waals surface area contributed by atoms with Gasteiger partial charge in [-0.15, -0.1) is 0 Å². The van der Waals surface area contributed by atoms with Gasteiger partial charge in [-0.1, -0.05) is 0 Å². The van der Waals surface area contributed by atoms with Crippen molar-refractivity contribution in [3.8, 4) is 0 Å². The molecule has 0 bridgehead atoms. The number of aliphatic hydroxyl groups excluding tert-OH is 1. The molecule has 2 aliphatic heterocycles. The van der Waals surface area contributed by atoms with Crippen molar-refractivity contribution < 1.29 is 53.4 Å². The van der Waals surface area contributed by atoms with E-state index in [-0.39, 0.29) is 51.7 Å². The summed E-state index contributed by atoms with van der Waals surface area (Å²) in [6.07, 6.45) is 4.76. The first kappa shape index (κ1) is 51.2. The lowest BCUT2D eigenvalue weighted by Crippen LogP contribution is -2.60. The van der Waals surface area contributed by atoms with Crippen LogP contribution in [0.5, 0.6) is 0 Å². The molecule has 23 nitrogen and oxygen atoms in total. The van der Waals surface area contributed by atoms with Gasteiger partial charge in [0.2, 0.25) is 47.3 Å². The van der Waals surface area contributed by atoms with Crippen LogP contribution in [0.3, 0.4) is 0 Å². The fraction of sp³-hybridized carbons (Fsp3) is 0.757. The summed E-state index contributed by atoms with van der Waals surface area (Å²) in [6, 6.07) is -7.05. The Hall–Kier alpha value is -4.97. The normalized spacial score (nSPS) is 18.1. The molecule has 8 amide bonds. The third-order valence-electron chi connectivity index (χ3n) is 10.3. The van der Waals surface area contributed by atoms with E-state index in [0.717, 1.165) is 0 Å². The number of nitrogens with zero attached hydrogens (tertiary/aromatic N) is 2. The molecule has 2 rings (SSSR count). The van der Waals surface area contributed by atoms with Crippen LogP contribution in [0.2, 0.25) is 0 Å². The second-order valence-electron chi connectivity index (χ2n) is 14.8. The standard InChI is InChI=1S/C37H66N12O11/c38-14-4-1-9-23(44-31(53)21-43-30(52)20-42-29(51)19-41)35(57)48-17-8-13-28(48)34(56)47-26(22-50)32(54)45-24(10-2-5-15-39)36(58)49-18-7-12-27(49)33(55)46-25(37(59)60)11-3-6-16-40/h23-28,50H,1-22,38-41H2,(H,42,51)(H,43,52)(H,44,53)(H,45,54)(H,46,55)(H,47,56)(H,59,60)/t23-,24-,25-,26-,27-,28-/m0/s1. The predicted molar refractivity (Wildman–Crippen MR) is 216 cm³/mol. The topological polar surface area (TPSA) is 377 Å². The molecule has 16 N–H and O–H groups in total. The van der Waals surface area contributed by atoms with Gasteiger partial charge in [-0.25, -0.2) is 4.79 Å². The minimum absolute atomic E-state index is 0.117. The van der Waals surface area contributed by atoms with Crippen LogP contribution in [-0.2, 0) is 43.2 Å². The molecule has 340 valence electrons. The van der Waals surface area contributed by atoms with Gasteiger partial charge in [0.15, 0.2) is 0 Å². The van der Waals surface area contributed by atoms with Crippen molar-refractivity contribution in [3.05, 3.63) is 0 Å². The highest BCUT2D eigenvalue weighted by atomic mass is 16.4. The Morgan fingerprint density at radius 3 is 1.43 bits per heavy atom. The number of hydrogen-bond donors (Lipinski definition) is 12. The van der Waals surface area contributed by atoms with Gasteiger partial charge in [-0.3, -0.25) is 38.4 Å². The Labute approximate surface area is 349 Å². The van der Waals surface area contributed by atoms with E-state index in [4.69, 9.17) is 22.9 Å². The van der Waals surface area contributed by atoms with Crippen molar-refractivity contribution in [2.45, 2.75) is 120 Å². The summed E-state index contributed by atoms with van der Waals surface area (Å²) >= 11 is 0. The van der Waals surface area contributed by atoms with Crippen LogP contribution in [-0.4, -0.2) is 168 Å². The van der Waals surface area contributed by atoms with Gasteiger partial charge in [0, 0.05) is 13.1 Å². The lowest BCUT2D eigenvalue weighted by molar-refractivity contribution is -0.145. The molecule has 2 saturated heterocycles. The number of aliphatic hydroxyl groups is 1. The van der Waals surface area contributed by atoms with Crippen molar-refractivity contribution >= 4 is 53.2 Å². The first-order valence-corrected chi connectivity index (χ1v) is 20.7. The summed E-state index contributed by atoms with van der Waals surface area (Å²) < 4.78 is 0. The molecule has 2 heterocycles. The van der Waals surface area contributed by atoms with Crippen molar-refractivity contribution in [2.75, 3.05) is 59.0 Å². The highest BCUT2D eigenvalue weighted by molar-refractivity contribution is 5.97. The van der Waals surface area contributed by atoms with E-state index in [0.29, 0.717) is 71.0 Å². The van der Waals surface area contributed by atoms with Crippen molar-refractivity contribution in [3.63, 3.8) is 0 Å². The second kappa shape index (κ2) is 27.7. The van der Waals surface area contributed by atoms with Crippen molar-refractivity contribution in [1.82, 2.24) is 41.7 Å². The molecule has 0 aromatic carbocycles. The van der Waals surface area contributed by atoms with E-state index in [1.54, 1.807) is 0 Å². The van der Waals surface area contributed by atoms with E-state index in [9.17, 15) is 53.4 Å². The van der Waals surface area contributed by atoms with Crippen LogP contribution in [0.25, 0.3) is 0 Å². The average Bonchev–Trinajstić information content (AvgIpc) is 3.94. The van der Waals surface area contributed by atoms with Gasteiger partial charge in [0.1, 0.15) is 36.3 Å². The van der Waals surface area contributed by atoms with Gasteiger partial charge in [0.25, 0.3) is 0 Å². The molecule has 0 spiro atoms. The zero-order valence-electron chi connectivity index (χ0n) is 34.3.